The molecule has 1 atom stereocenters. The maximum absolute atomic E-state index is 12.7. The summed E-state index contributed by atoms with van der Waals surface area (Å²) in [5, 5.41) is 0. The van der Waals surface area contributed by atoms with Crippen molar-refractivity contribution < 1.29 is 33.3 Å². The number of esters is 1. The molecule has 0 N–H and O–H groups in total. The molecule has 8 nitrogen and oxygen atoms in total. The quantitative estimate of drug-likeness (QED) is 0.482. The third kappa shape index (κ3) is 4.28. The standard InChI is InChI=1S/C22H27NO7/c1-13-8-17(15(3)23(13)14(2)11-26-4)18(24)12-30-22(25)16-9-19(27-5)21-20(10-16)28-6-7-29-21/h8-10,14H,6-7,11-12H2,1-5H3/t14-/m0/s1. The smallest absolute Gasteiger partial charge is 0.338 e. The third-order valence-corrected chi connectivity index (χ3v) is 5.03. The van der Waals surface area contributed by atoms with Crippen molar-refractivity contribution >= 4 is 11.8 Å². The van der Waals surface area contributed by atoms with Crippen molar-refractivity contribution in [1.29, 1.82) is 0 Å². The Bertz CT molecular complexity index is 930. The molecule has 162 valence electrons. The maximum atomic E-state index is 12.7. The van der Waals surface area contributed by atoms with Crippen molar-refractivity contribution in [1.82, 2.24) is 4.57 Å². The highest BCUT2D eigenvalue weighted by atomic mass is 16.6. The van der Waals surface area contributed by atoms with Crippen LogP contribution in [0.25, 0.3) is 0 Å². The zero-order chi connectivity index (χ0) is 21.8. The van der Waals surface area contributed by atoms with E-state index in [1.165, 1.54) is 19.2 Å². The van der Waals surface area contributed by atoms with Gasteiger partial charge in [0.1, 0.15) is 13.2 Å². The molecule has 0 saturated carbocycles. The lowest BCUT2D eigenvalue weighted by molar-refractivity contribution is 0.0473. The molecule has 0 aliphatic carbocycles. The van der Waals surface area contributed by atoms with Crippen molar-refractivity contribution in [3.8, 4) is 17.2 Å². The molecule has 8 heteroatoms. The van der Waals surface area contributed by atoms with Crippen LogP contribution in [0.3, 0.4) is 0 Å². The van der Waals surface area contributed by atoms with E-state index in [1.54, 1.807) is 7.11 Å². The van der Waals surface area contributed by atoms with Crippen molar-refractivity contribution in [2.24, 2.45) is 0 Å². The van der Waals surface area contributed by atoms with Gasteiger partial charge in [-0.3, -0.25) is 4.79 Å². The normalized spacial score (nSPS) is 13.6. The van der Waals surface area contributed by atoms with Crippen LogP contribution in [0, 0.1) is 13.8 Å². The number of carbonyl (C=O) groups excluding carboxylic acids is 2. The van der Waals surface area contributed by atoms with Crippen LogP contribution in [0.5, 0.6) is 17.2 Å². The lowest BCUT2D eigenvalue weighted by Gasteiger charge is -2.21. The minimum Gasteiger partial charge on any atom is -0.493 e. The van der Waals surface area contributed by atoms with E-state index >= 15 is 0 Å². The number of rotatable bonds is 8. The molecule has 0 bridgehead atoms. The monoisotopic (exact) mass is 417 g/mol. The summed E-state index contributed by atoms with van der Waals surface area (Å²) in [6.07, 6.45) is 0. The molecule has 1 aliphatic rings. The third-order valence-electron chi connectivity index (χ3n) is 5.03. The fourth-order valence-corrected chi connectivity index (χ4v) is 3.74. The second-order valence-corrected chi connectivity index (χ2v) is 7.16. The molecule has 0 amide bonds. The average molecular weight is 417 g/mol. The van der Waals surface area contributed by atoms with Gasteiger partial charge >= 0.3 is 5.97 Å². The number of nitrogens with zero attached hydrogens (tertiary/aromatic N) is 1. The summed E-state index contributed by atoms with van der Waals surface area (Å²) >= 11 is 0. The van der Waals surface area contributed by atoms with E-state index in [9.17, 15) is 9.59 Å². The average Bonchev–Trinajstić information content (AvgIpc) is 3.05. The summed E-state index contributed by atoms with van der Waals surface area (Å²) in [5.41, 5.74) is 2.52. The number of methoxy groups -OCH3 is 2. The lowest BCUT2D eigenvalue weighted by atomic mass is 10.1. The summed E-state index contributed by atoms with van der Waals surface area (Å²) in [7, 11) is 3.12. The Morgan fingerprint density at radius 3 is 2.57 bits per heavy atom. The largest absolute Gasteiger partial charge is 0.493 e. The van der Waals surface area contributed by atoms with Crippen molar-refractivity contribution in [3.63, 3.8) is 0 Å². The van der Waals surface area contributed by atoms with Gasteiger partial charge in [0.2, 0.25) is 11.5 Å². The van der Waals surface area contributed by atoms with E-state index < -0.39 is 5.97 Å². The molecule has 2 aromatic rings. The Kier molecular flexibility index (Phi) is 6.66. The molecule has 1 aromatic heterocycles. The van der Waals surface area contributed by atoms with Crippen molar-refractivity contribution in [3.05, 3.63) is 40.7 Å². The van der Waals surface area contributed by atoms with Gasteiger partial charge in [0.05, 0.1) is 25.3 Å². The van der Waals surface area contributed by atoms with Crippen molar-refractivity contribution in [2.45, 2.75) is 26.8 Å². The number of hydrogen-bond donors (Lipinski definition) is 0. The Hall–Kier alpha value is -3.00. The minimum atomic E-state index is -0.639. The topological polar surface area (TPSA) is 85.2 Å². The van der Waals surface area contributed by atoms with E-state index in [1.807, 2.05) is 31.4 Å². The molecule has 1 aromatic carbocycles. The predicted molar refractivity (Wildman–Crippen MR) is 109 cm³/mol. The second kappa shape index (κ2) is 9.21. The van der Waals surface area contributed by atoms with Crippen LogP contribution >= 0.6 is 0 Å². The van der Waals surface area contributed by atoms with Crippen LogP contribution in [0.2, 0.25) is 0 Å². The molecule has 3 rings (SSSR count). The summed E-state index contributed by atoms with van der Waals surface area (Å²) in [5.74, 6) is 0.335. The highest BCUT2D eigenvalue weighted by molar-refractivity contribution is 6.00. The van der Waals surface area contributed by atoms with Crippen LogP contribution in [0.15, 0.2) is 18.2 Å². The molecular formula is C22H27NO7. The first-order chi connectivity index (χ1) is 14.4. The van der Waals surface area contributed by atoms with Gasteiger partial charge < -0.3 is 28.3 Å². The molecule has 0 radical (unpaired) electrons. The fraction of sp³-hybridized carbons (Fsp3) is 0.455. The van der Waals surface area contributed by atoms with Gasteiger partial charge in [0.25, 0.3) is 0 Å². The Balaban J connectivity index is 1.72. The Labute approximate surface area is 175 Å². The van der Waals surface area contributed by atoms with Crippen LogP contribution in [-0.4, -0.2) is 57.0 Å². The number of benzene rings is 1. The SMILES string of the molecule is COC[C@H](C)n1c(C)cc(C(=O)COC(=O)c2cc(OC)c3c(c2)OCCO3)c1C. The van der Waals surface area contributed by atoms with Gasteiger partial charge in [0, 0.05) is 24.1 Å². The van der Waals surface area contributed by atoms with Gasteiger partial charge in [-0.05, 0) is 39.0 Å². The van der Waals surface area contributed by atoms with Gasteiger partial charge in [0.15, 0.2) is 18.1 Å². The summed E-state index contributed by atoms with van der Waals surface area (Å²) in [6, 6.07) is 4.94. The first kappa shape index (κ1) is 21.7. The highest BCUT2D eigenvalue weighted by Gasteiger charge is 2.23. The molecule has 30 heavy (non-hydrogen) atoms. The number of aryl methyl sites for hydroxylation is 1. The number of ether oxygens (including phenoxy) is 5. The second-order valence-electron chi connectivity index (χ2n) is 7.16. The van der Waals surface area contributed by atoms with E-state index in [4.69, 9.17) is 23.7 Å². The number of hydrogen-bond acceptors (Lipinski definition) is 7. The van der Waals surface area contributed by atoms with Crippen LogP contribution in [0.4, 0.5) is 0 Å². The summed E-state index contributed by atoms with van der Waals surface area (Å²) < 4.78 is 28.9. The molecule has 0 spiro atoms. The van der Waals surface area contributed by atoms with Gasteiger partial charge in [-0.2, -0.15) is 0 Å². The van der Waals surface area contributed by atoms with Crippen LogP contribution < -0.4 is 14.2 Å². The zero-order valence-corrected chi connectivity index (χ0v) is 17.9. The van der Waals surface area contributed by atoms with Gasteiger partial charge in [-0.1, -0.05) is 0 Å². The van der Waals surface area contributed by atoms with Crippen LogP contribution in [-0.2, 0) is 9.47 Å². The van der Waals surface area contributed by atoms with E-state index in [-0.39, 0.29) is 24.0 Å². The molecule has 2 heterocycles. The summed E-state index contributed by atoms with van der Waals surface area (Å²) in [4.78, 5) is 25.2. The Morgan fingerprint density at radius 2 is 1.87 bits per heavy atom. The van der Waals surface area contributed by atoms with Crippen LogP contribution in [0.1, 0.15) is 45.1 Å². The molecule has 0 saturated heterocycles. The van der Waals surface area contributed by atoms with Gasteiger partial charge in [-0.15, -0.1) is 0 Å². The lowest BCUT2D eigenvalue weighted by Crippen LogP contribution is -2.18. The molecule has 0 unspecified atom stereocenters. The van der Waals surface area contributed by atoms with Crippen molar-refractivity contribution in [2.75, 3.05) is 40.6 Å². The summed E-state index contributed by atoms with van der Waals surface area (Å²) in [6.45, 7) is 6.78. The fourth-order valence-electron chi connectivity index (χ4n) is 3.74. The van der Waals surface area contributed by atoms with E-state index in [0.717, 1.165) is 11.4 Å². The minimum absolute atomic E-state index is 0.0873. The highest BCUT2D eigenvalue weighted by Crippen LogP contribution is 2.40. The van der Waals surface area contributed by atoms with Gasteiger partial charge in [-0.25, -0.2) is 4.79 Å². The predicted octanol–water partition coefficient (Wildman–Crippen LogP) is 3.13. The molecule has 1 aliphatic heterocycles. The number of ketones is 1. The first-order valence-electron chi connectivity index (χ1n) is 9.72. The molecular weight excluding hydrogens is 390 g/mol. The number of carbonyl (C=O) groups is 2. The zero-order valence-electron chi connectivity index (χ0n) is 17.9. The molecule has 0 fully saturated rings. The number of fused-ring (bicyclic) bond motifs is 1. The Morgan fingerprint density at radius 1 is 1.13 bits per heavy atom. The maximum Gasteiger partial charge on any atom is 0.338 e. The first-order valence-corrected chi connectivity index (χ1v) is 9.72. The van der Waals surface area contributed by atoms with E-state index in [0.29, 0.717) is 42.6 Å². The van der Waals surface area contributed by atoms with E-state index in [2.05, 4.69) is 0 Å². The number of Topliss-reactive ketones (excluding diaryl/α,β-unsaturated/α-hetero) is 1. The number of aromatic nitrogens is 1.